The predicted molar refractivity (Wildman–Crippen MR) is 86.8 cm³/mol. The van der Waals surface area contributed by atoms with E-state index in [0.717, 1.165) is 25.9 Å². The van der Waals surface area contributed by atoms with Gasteiger partial charge in [0.05, 0.1) is 0 Å². The molecule has 118 valence electrons. The van der Waals surface area contributed by atoms with Crippen LogP contribution in [0.25, 0.3) is 0 Å². The van der Waals surface area contributed by atoms with Crippen molar-refractivity contribution in [1.29, 1.82) is 0 Å². The number of nitrogens with zero attached hydrogens (tertiary/aromatic N) is 1. The Bertz CT molecular complexity index is 436. The molecular weight excluding hydrogens is 264 g/mol. The Hall–Kier alpha value is -1.71. The van der Waals surface area contributed by atoms with Gasteiger partial charge in [0.2, 0.25) is 0 Å². The van der Waals surface area contributed by atoms with Gasteiger partial charge < -0.3 is 15.4 Å². The Balaban J connectivity index is 2.55. The van der Waals surface area contributed by atoms with E-state index in [1.165, 1.54) is 5.57 Å². The third-order valence-electron chi connectivity index (χ3n) is 3.44. The predicted octanol–water partition coefficient (Wildman–Crippen LogP) is 3.61. The standard InChI is InChI=1S/C17H28N2O2/c1-6-14(8-7-13(2)18)15-9-11-19(12-10-15)16(20)21-17(3,4)5/h6-8,15H,2,9-12,18H2,1,3-5H3/b8-7-,14-6+. The number of hydrogen-bond acceptors (Lipinski definition) is 3. The lowest BCUT2D eigenvalue weighted by atomic mass is 9.88. The van der Waals surface area contributed by atoms with E-state index in [-0.39, 0.29) is 6.09 Å². The molecule has 0 atom stereocenters. The highest BCUT2D eigenvalue weighted by atomic mass is 16.6. The summed E-state index contributed by atoms with van der Waals surface area (Å²) in [5, 5.41) is 0. The fourth-order valence-electron chi connectivity index (χ4n) is 2.39. The lowest BCUT2D eigenvalue weighted by Crippen LogP contribution is -2.41. The third kappa shape index (κ3) is 6.06. The van der Waals surface area contributed by atoms with E-state index in [0.29, 0.717) is 11.6 Å². The van der Waals surface area contributed by atoms with Gasteiger partial charge in [0.1, 0.15) is 5.60 Å². The molecule has 1 rings (SSSR count). The van der Waals surface area contributed by atoms with Crippen LogP contribution in [0, 0.1) is 5.92 Å². The Labute approximate surface area is 128 Å². The van der Waals surface area contributed by atoms with Crippen LogP contribution in [0.3, 0.4) is 0 Å². The van der Waals surface area contributed by atoms with Gasteiger partial charge in [0.15, 0.2) is 0 Å². The molecule has 0 saturated carbocycles. The summed E-state index contributed by atoms with van der Waals surface area (Å²) in [5.41, 5.74) is 6.94. The van der Waals surface area contributed by atoms with E-state index >= 15 is 0 Å². The highest BCUT2D eigenvalue weighted by Gasteiger charge is 2.27. The van der Waals surface area contributed by atoms with Crippen molar-refractivity contribution in [2.45, 2.75) is 46.1 Å². The zero-order valence-electron chi connectivity index (χ0n) is 13.7. The summed E-state index contributed by atoms with van der Waals surface area (Å²) in [4.78, 5) is 13.8. The van der Waals surface area contributed by atoms with Gasteiger partial charge in [-0.25, -0.2) is 4.79 Å². The molecule has 4 heteroatoms. The molecule has 21 heavy (non-hydrogen) atoms. The topological polar surface area (TPSA) is 55.6 Å². The van der Waals surface area contributed by atoms with Crippen LogP contribution >= 0.6 is 0 Å². The highest BCUT2D eigenvalue weighted by Crippen LogP contribution is 2.26. The van der Waals surface area contributed by atoms with E-state index in [1.54, 1.807) is 4.90 Å². The fraction of sp³-hybridized carbons (Fsp3) is 0.588. The van der Waals surface area contributed by atoms with Crippen LogP contribution in [0.4, 0.5) is 4.79 Å². The summed E-state index contributed by atoms with van der Waals surface area (Å²) < 4.78 is 5.41. The van der Waals surface area contributed by atoms with Crippen molar-refractivity contribution < 1.29 is 9.53 Å². The monoisotopic (exact) mass is 292 g/mol. The van der Waals surface area contributed by atoms with E-state index in [2.05, 4.69) is 12.7 Å². The van der Waals surface area contributed by atoms with Crippen molar-refractivity contribution in [1.82, 2.24) is 4.90 Å². The maximum Gasteiger partial charge on any atom is 0.410 e. The Morgan fingerprint density at radius 3 is 2.29 bits per heavy atom. The summed E-state index contributed by atoms with van der Waals surface area (Å²) in [5.74, 6) is 0.462. The van der Waals surface area contributed by atoms with Crippen LogP contribution in [0.2, 0.25) is 0 Å². The molecule has 1 aliphatic rings. The summed E-state index contributed by atoms with van der Waals surface area (Å²) in [6.07, 6.45) is 7.63. The molecule has 0 aromatic heterocycles. The minimum atomic E-state index is -0.438. The second kappa shape index (κ2) is 7.34. The van der Waals surface area contributed by atoms with Crippen LogP contribution < -0.4 is 5.73 Å². The van der Waals surface area contributed by atoms with Crippen molar-refractivity contribution in [2.75, 3.05) is 13.1 Å². The highest BCUT2D eigenvalue weighted by molar-refractivity contribution is 5.68. The van der Waals surface area contributed by atoms with Gasteiger partial charge in [-0.05, 0) is 58.1 Å². The molecule has 0 unspecified atom stereocenters. The Morgan fingerprint density at radius 2 is 1.86 bits per heavy atom. The summed E-state index contributed by atoms with van der Waals surface area (Å²) in [6.45, 7) is 12.8. The van der Waals surface area contributed by atoms with Crippen LogP contribution in [0.5, 0.6) is 0 Å². The van der Waals surface area contributed by atoms with E-state index < -0.39 is 5.60 Å². The number of amides is 1. The van der Waals surface area contributed by atoms with Crippen LogP contribution in [0.15, 0.2) is 36.1 Å². The SMILES string of the molecule is C=C(N)/C=C\C(=C/C)C1CCN(C(=O)OC(C)(C)C)CC1. The van der Waals surface area contributed by atoms with Crippen LogP contribution in [-0.2, 0) is 4.74 Å². The molecule has 0 aliphatic carbocycles. The van der Waals surface area contributed by atoms with Gasteiger partial charge in [-0.2, -0.15) is 0 Å². The van der Waals surface area contributed by atoms with Crippen LogP contribution in [-0.4, -0.2) is 29.7 Å². The molecule has 1 aliphatic heterocycles. The third-order valence-corrected chi connectivity index (χ3v) is 3.44. The molecule has 1 amide bonds. The molecule has 0 radical (unpaired) electrons. The first-order valence-corrected chi connectivity index (χ1v) is 7.49. The lowest BCUT2D eigenvalue weighted by Gasteiger charge is -2.34. The summed E-state index contributed by atoms with van der Waals surface area (Å²) >= 11 is 0. The number of carbonyl (C=O) groups excluding carboxylic acids is 1. The molecule has 1 heterocycles. The van der Waals surface area contributed by atoms with Crippen molar-refractivity contribution in [2.24, 2.45) is 11.7 Å². The van der Waals surface area contributed by atoms with Gasteiger partial charge in [-0.3, -0.25) is 0 Å². The maximum absolute atomic E-state index is 12.0. The van der Waals surface area contributed by atoms with Gasteiger partial charge in [0.25, 0.3) is 0 Å². The smallest absolute Gasteiger partial charge is 0.410 e. The van der Waals surface area contributed by atoms with Crippen molar-refractivity contribution in [3.05, 3.63) is 36.1 Å². The number of nitrogens with two attached hydrogens (primary N) is 1. The molecule has 2 N–H and O–H groups in total. The second-order valence-corrected chi connectivity index (χ2v) is 6.44. The molecule has 0 aromatic rings. The Kier molecular flexibility index (Phi) is 6.06. The number of hydrogen-bond donors (Lipinski definition) is 1. The maximum atomic E-state index is 12.0. The zero-order chi connectivity index (χ0) is 16.0. The Morgan fingerprint density at radius 1 is 1.29 bits per heavy atom. The zero-order valence-corrected chi connectivity index (χ0v) is 13.7. The van der Waals surface area contributed by atoms with E-state index in [1.807, 2.05) is 39.8 Å². The molecule has 1 fully saturated rings. The average Bonchev–Trinajstić information content (AvgIpc) is 2.37. The first kappa shape index (κ1) is 17.3. The number of allylic oxidation sites excluding steroid dienone is 4. The fourth-order valence-corrected chi connectivity index (χ4v) is 2.39. The van der Waals surface area contributed by atoms with E-state index in [4.69, 9.17) is 10.5 Å². The quantitative estimate of drug-likeness (QED) is 0.808. The van der Waals surface area contributed by atoms with Gasteiger partial charge >= 0.3 is 6.09 Å². The molecule has 0 aromatic carbocycles. The summed E-state index contributed by atoms with van der Waals surface area (Å²) in [7, 11) is 0. The number of ether oxygens (including phenoxy) is 1. The van der Waals surface area contributed by atoms with Crippen molar-refractivity contribution in [3.8, 4) is 0 Å². The van der Waals surface area contributed by atoms with Crippen molar-refractivity contribution >= 4 is 6.09 Å². The molecule has 0 bridgehead atoms. The average molecular weight is 292 g/mol. The number of rotatable bonds is 3. The van der Waals surface area contributed by atoms with E-state index in [9.17, 15) is 4.79 Å². The first-order valence-electron chi connectivity index (χ1n) is 7.49. The molecular formula is C17H28N2O2. The van der Waals surface area contributed by atoms with Gasteiger partial charge in [-0.15, -0.1) is 0 Å². The first-order chi connectivity index (χ1) is 9.73. The molecule has 1 saturated heterocycles. The number of likely N-dealkylation sites (tertiary alicyclic amines) is 1. The lowest BCUT2D eigenvalue weighted by molar-refractivity contribution is 0.0195. The minimum absolute atomic E-state index is 0.214. The van der Waals surface area contributed by atoms with Crippen LogP contribution in [0.1, 0.15) is 40.5 Å². The largest absolute Gasteiger partial charge is 0.444 e. The van der Waals surface area contributed by atoms with Crippen molar-refractivity contribution in [3.63, 3.8) is 0 Å². The second-order valence-electron chi connectivity index (χ2n) is 6.44. The van der Waals surface area contributed by atoms with Gasteiger partial charge in [-0.1, -0.05) is 18.7 Å². The molecule has 4 nitrogen and oxygen atoms in total. The molecule has 0 spiro atoms. The van der Waals surface area contributed by atoms with Gasteiger partial charge in [0, 0.05) is 18.8 Å². The normalized spacial score (nSPS) is 18.1. The number of carbonyl (C=O) groups is 1. The minimum Gasteiger partial charge on any atom is -0.444 e. The number of piperidine rings is 1. The summed E-state index contributed by atoms with van der Waals surface area (Å²) in [6, 6.07) is 0.